The molecule has 29 heavy (non-hydrogen) atoms. The topological polar surface area (TPSA) is 151 Å². The predicted molar refractivity (Wildman–Crippen MR) is 110 cm³/mol. The summed E-state index contributed by atoms with van der Waals surface area (Å²) in [7, 11) is -3.71. The van der Waals surface area contributed by atoms with Gasteiger partial charge in [0.05, 0.1) is 18.1 Å². The first-order chi connectivity index (χ1) is 13.9. The zero-order valence-corrected chi connectivity index (χ0v) is 16.9. The minimum Gasteiger partial charge on any atom is -0.367 e. The Morgan fingerprint density at radius 2 is 1.90 bits per heavy atom. The molecule has 0 saturated heterocycles. The molecular weight excluding hydrogens is 416 g/mol. The number of carbonyl (C=O) groups excluding carboxylic acids is 1. The Kier molecular flexibility index (Phi) is 6.64. The molecule has 3 aromatic heterocycles. The quantitative estimate of drug-likeness (QED) is 0.366. The summed E-state index contributed by atoms with van der Waals surface area (Å²) in [4.78, 5) is 18.9. The molecule has 0 fully saturated rings. The van der Waals surface area contributed by atoms with E-state index in [0.717, 1.165) is 17.0 Å². The summed E-state index contributed by atoms with van der Waals surface area (Å²) in [5, 5.41) is 16.8. The Bertz CT molecular complexity index is 1060. The van der Waals surface area contributed by atoms with Gasteiger partial charge in [-0.2, -0.15) is 0 Å². The number of anilines is 4. The van der Waals surface area contributed by atoms with Gasteiger partial charge in [-0.1, -0.05) is 11.3 Å². The minimum atomic E-state index is -3.71. The number of nitrogens with one attached hydrogen (secondary N) is 4. The largest absolute Gasteiger partial charge is 0.367 e. The highest BCUT2D eigenvalue weighted by atomic mass is 32.2. The van der Waals surface area contributed by atoms with Crippen LogP contribution in [-0.4, -0.2) is 47.6 Å². The fourth-order valence-corrected chi connectivity index (χ4v) is 4.27. The second-order valence-electron chi connectivity index (χ2n) is 5.66. The Labute approximate surface area is 171 Å². The molecule has 11 nitrogen and oxygen atoms in total. The summed E-state index contributed by atoms with van der Waals surface area (Å²) in [5.74, 6) is 0.749. The van der Waals surface area contributed by atoms with Crippen molar-refractivity contribution >= 4 is 49.7 Å². The maximum atomic E-state index is 12.2. The van der Waals surface area contributed by atoms with Gasteiger partial charge in [0.1, 0.15) is 5.82 Å². The van der Waals surface area contributed by atoms with E-state index < -0.39 is 10.0 Å². The van der Waals surface area contributed by atoms with Crippen molar-refractivity contribution in [2.45, 2.75) is 11.1 Å². The fourth-order valence-electron chi connectivity index (χ4n) is 2.12. The van der Waals surface area contributed by atoms with Crippen LogP contribution in [0.15, 0.2) is 47.1 Å². The number of sulfonamides is 1. The van der Waals surface area contributed by atoms with Gasteiger partial charge in [0.15, 0.2) is 15.2 Å². The van der Waals surface area contributed by atoms with E-state index in [2.05, 4.69) is 40.8 Å². The number of thiazole rings is 1. The Balaban J connectivity index is 1.46. The van der Waals surface area contributed by atoms with E-state index in [1.165, 1.54) is 13.1 Å². The third-order valence-electron chi connectivity index (χ3n) is 3.35. The maximum Gasteiger partial charge on any atom is 0.251 e. The number of pyridine rings is 1. The molecule has 3 heterocycles. The normalized spacial score (nSPS) is 11.1. The highest BCUT2D eigenvalue weighted by Crippen LogP contribution is 2.22. The number of rotatable bonds is 9. The molecule has 0 radical (unpaired) electrons. The van der Waals surface area contributed by atoms with Crippen LogP contribution in [0.25, 0.3) is 0 Å². The second kappa shape index (κ2) is 9.36. The summed E-state index contributed by atoms with van der Waals surface area (Å²) >= 11 is 0.877. The highest BCUT2D eigenvalue weighted by molar-refractivity contribution is 7.91. The zero-order chi connectivity index (χ0) is 20.7. The smallest absolute Gasteiger partial charge is 0.251 e. The molecule has 0 unspecified atom stereocenters. The van der Waals surface area contributed by atoms with Gasteiger partial charge in [-0.25, -0.2) is 18.1 Å². The van der Waals surface area contributed by atoms with Crippen molar-refractivity contribution in [2.24, 2.45) is 0 Å². The van der Waals surface area contributed by atoms with E-state index in [9.17, 15) is 13.2 Å². The van der Waals surface area contributed by atoms with Gasteiger partial charge in [0.25, 0.3) is 10.0 Å². The first-order valence-electron chi connectivity index (χ1n) is 8.40. The van der Waals surface area contributed by atoms with Gasteiger partial charge in [0.2, 0.25) is 5.91 Å². The lowest BCUT2D eigenvalue weighted by Crippen LogP contribution is -2.28. The zero-order valence-electron chi connectivity index (χ0n) is 15.3. The highest BCUT2D eigenvalue weighted by Gasteiger charge is 2.17. The number of carbonyl (C=O) groups is 1. The number of aromatic nitrogens is 4. The van der Waals surface area contributed by atoms with Gasteiger partial charge in [-0.3, -0.25) is 9.78 Å². The van der Waals surface area contributed by atoms with Crippen molar-refractivity contribution in [1.82, 2.24) is 24.9 Å². The molecule has 0 spiro atoms. The summed E-state index contributed by atoms with van der Waals surface area (Å²) in [5.41, 5.74) is 0.793. The van der Waals surface area contributed by atoms with Gasteiger partial charge < -0.3 is 16.0 Å². The lowest BCUT2D eigenvalue weighted by Gasteiger charge is -2.08. The van der Waals surface area contributed by atoms with Crippen LogP contribution in [0.5, 0.6) is 0 Å². The van der Waals surface area contributed by atoms with Crippen LogP contribution in [0.2, 0.25) is 0 Å². The van der Waals surface area contributed by atoms with Crippen LogP contribution in [0, 0.1) is 0 Å². The summed E-state index contributed by atoms with van der Waals surface area (Å²) in [6.45, 7) is 1.76. The van der Waals surface area contributed by atoms with Crippen LogP contribution in [-0.2, 0) is 14.8 Å². The van der Waals surface area contributed by atoms with Gasteiger partial charge in [-0.15, -0.1) is 10.2 Å². The van der Waals surface area contributed by atoms with Crippen molar-refractivity contribution in [1.29, 1.82) is 0 Å². The molecule has 0 atom stereocenters. The third kappa shape index (κ3) is 6.17. The first kappa shape index (κ1) is 20.6. The predicted octanol–water partition coefficient (Wildman–Crippen LogP) is 1.42. The molecule has 1 amide bonds. The molecule has 0 aliphatic heterocycles. The first-order valence-corrected chi connectivity index (χ1v) is 10.7. The van der Waals surface area contributed by atoms with Crippen molar-refractivity contribution in [2.75, 3.05) is 29.0 Å². The van der Waals surface area contributed by atoms with E-state index in [1.54, 1.807) is 30.6 Å². The monoisotopic (exact) mass is 434 g/mol. The van der Waals surface area contributed by atoms with E-state index in [1.807, 2.05) is 6.07 Å². The van der Waals surface area contributed by atoms with Gasteiger partial charge in [-0.05, 0) is 24.3 Å². The van der Waals surface area contributed by atoms with Crippen LogP contribution < -0.4 is 20.7 Å². The lowest BCUT2D eigenvalue weighted by atomic mass is 10.4. The Hall–Kier alpha value is -3.16. The fraction of sp³-hybridized carbons (Fsp3) is 0.188. The molecule has 0 aliphatic carbocycles. The average Bonchev–Trinajstić information content (AvgIpc) is 3.16. The number of hydrogen-bond acceptors (Lipinski definition) is 10. The molecule has 3 aromatic rings. The maximum absolute atomic E-state index is 12.2. The van der Waals surface area contributed by atoms with E-state index in [-0.39, 0.29) is 21.8 Å². The Morgan fingerprint density at radius 3 is 2.59 bits per heavy atom. The number of amides is 1. The summed E-state index contributed by atoms with van der Waals surface area (Å²) in [6.07, 6.45) is 4.54. The standard InChI is InChI=1S/C16H18N8O3S2/c1-11(25)21-16-19-10-15(28-16)29(26,27)20-8-7-18-13-4-5-14(24-23-13)22-12-3-2-6-17-9-12/h2-6,9-10,20H,7-8H2,1H3,(H,18,23)(H,22,24)(H,19,21,25). The molecule has 13 heteroatoms. The molecular formula is C16H18N8O3S2. The van der Waals surface area contributed by atoms with Crippen molar-refractivity contribution in [3.8, 4) is 0 Å². The average molecular weight is 435 g/mol. The molecule has 3 rings (SSSR count). The molecule has 0 bridgehead atoms. The lowest BCUT2D eigenvalue weighted by molar-refractivity contribution is -0.114. The van der Waals surface area contributed by atoms with E-state index in [4.69, 9.17) is 0 Å². The molecule has 0 saturated carbocycles. The summed E-state index contributed by atoms with van der Waals surface area (Å²) < 4.78 is 27.0. The SMILES string of the molecule is CC(=O)Nc1ncc(S(=O)(=O)NCCNc2ccc(Nc3cccnc3)nn2)s1. The van der Waals surface area contributed by atoms with Crippen LogP contribution in [0.3, 0.4) is 0 Å². The van der Waals surface area contributed by atoms with Crippen LogP contribution in [0.4, 0.5) is 22.5 Å². The summed E-state index contributed by atoms with van der Waals surface area (Å²) in [6, 6.07) is 7.13. The molecule has 152 valence electrons. The Morgan fingerprint density at radius 1 is 1.10 bits per heavy atom. The van der Waals surface area contributed by atoms with Crippen molar-refractivity contribution < 1.29 is 13.2 Å². The number of hydrogen-bond donors (Lipinski definition) is 4. The third-order valence-corrected chi connectivity index (χ3v) is 6.19. The molecule has 0 aromatic carbocycles. The van der Waals surface area contributed by atoms with Crippen molar-refractivity contribution in [3.05, 3.63) is 42.9 Å². The van der Waals surface area contributed by atoms with Crippen LogP contribution >= 0.6 is 11.3 Å². The molecule has 4 N–H and O–H groups in total. The molecule has 0 aliphatic rings. The van der Waals surface area contributed by atoms with E-state index in [0.29, 0.717) is 18.2 Å². The van der Waals surface area contributed by atoms with Gasteiger partial charge in [0, 0.05) is 26.2 Å². The minimum absolute atomic E-state index is 0.0203. The van der Waals surface area contributed by atoms with E-state index >= 15 is 0 Å². The van der Waals surface area contributed by atoms with Gasteiger partial charge >= 0.3 is 0 Å². The van der Waals surface area contributed by atoms with Crippen LogP contribution in [0.1, 0.15) is 6.92 Å². The number of nitrogens with zero attached hydrogens (tertiary/aromatic N) is 4. The second-order valence-corrected chi connectivity index (χ2v) is 8.69. The van der Waals surface area contributed by atoms with Crippen molar-refractivity contribution in [3.63, 3.8) is 0 Å².